The summed E-state index contributed by atoms with van der Waals surface area (Å²) >= 11 is 0.411. The molecule has 0 aromatic heterocycles. The monoisotopic (exact) mass is 1230 g/mol. The van der Waals surface area contributed by atoms with Crippen LogP contribution < -0.4 is 11.5 Å². The first kappa shape index (κ1) is 64.0. The Kier molecular flexibility index (Phi) is 21.3. The average molecular weight is 1230 g/mol. The maximum atomic E-state index is 13.0. The largest absolute Gasteiger partial charge is 0.478 e. The molecular formula is C34H36N8O26S8. The number of hydrogen-bond acceptors (Lipinski definition) is 28. The summed E-state index contributed by atoms with van der Waals surface area (Å²) < 4.78 is 230. The highest BCUT2D eigenvalue weighted by Gasteiger charge is 2.29. The van der Waals surface area contributed by atoms with E-state index in [1.165, 1.54) is 0 Å². The number of azo groups is 3. The van der Waals surface area contributed by atoms with Crippen LogP contribution in [0.15, 0.2) is 115 Å². The third-order valence-electron chi connectivity index (χ3n) is 8.69. The van der Waals surface area contributed by atoms with Gasteiger partial charge in [-0.15, -0.1) is 30.7 Å². The number of carboxylic acids is 1. The van der Waals surface area contributed by atoms with Gasteiger partial charge in [0.1, 0.15) is 54.4 Å². The quantitative estimate of drug-likeness (QED) is 0.00729. The lowest BCUT2D eigenvalue weighted by atomic mass is 10.1. The van der Waals surface area contributed by atoms with Crippen LogP contribution in [0.1, 0.15) is 23.7 Å². The number of anilines is 2. The number of rotatable bonds is 24. The molecule has 4 aromatic carbocycles. The van der Waals surface area contributed by atoms with Crippen molar-refractivity contribution in [2.24, 2.45) is 30.7 Å². The molecule has 0 bridgehead atoms. The molecule has 0 aliphatic carbocycles. The summed E-state index contributed by atoms with van der Waals surface area (Å²) in [6, 6.07) is 6.27. The molecule has 0 radical (unpaired) electrons. The van der Waals surface area contributed by atoms with Crippen molar-refractivity contribution >= 4 is 134 Å². The molecule has 0 fully saturated rings. The third-order valence-corrected chi connectivity index (χ3v) is 16.2. The zero-order valence-electron chi connectivity index (χ0n) is 37.5. The number of aromatic carboxylic acids is 1. The minimum absolute atomic E-state index is 0. The minimum Gasteiger partial charge on any atom is -0.478 e. The first-order valence-corrected chi connectivity index (χ1v) is 30.4. The Hall–Kier alpha value is -6.25. The lowest BCUT2D eigenvalue weighted by Crippen LogP contribution is -2.16. The maximum Gasteiger partial charge on any atom is 0.433 e. The van der Waals surface area contributed by atoms with Crippen LogP contribution in [-0.4, -0.2) is 130 Å². The zero-order valence-corrected chi connectivity index (χ0v) is 44.0. The lowest BCUT2D eigenvalue weighted by Gasteiger charge is -2.14. The molecule has 0 unspecified atom stereocenters. The van der Waals surface area contributed by atoms with Crippen molar-refractivity contribution in [3.05, 3.63) is 60.2 Å². The standard InChI is InChI=1S/C34H34N8O25S8.H2O/c1-2-64-10-3-14-69(45,46)20-5-8-23(26(17-20)72(52,53)54)38-41-32-28(34(43)44)31(40-37-22-7-4-19(16-25(22)71(49,50)51)68-13-11-65-67-75(61,62)63)29(35)33(30(32)36)42-39-24-9-6-21(18-27(24)73(55,56)57)70(47,48)15-12-66-74(58,59)60;/h4-9,16-18H,2-3,10,12,14-15,35-36H2,1H3,(H,43,44)(H,49,50,51)(H,52,53,54)(H,55,56,57)(H,58,59,60)(H,61,62,63);1H2. The highest BCUT2D eigenvalue weighted by molar-refractivity contribution is 8.04. The van der Waals surface area contributed by atoms with Gasteiger partial charge < -0.3 is 26.8 Å². The van der Waals surface area contributed by atoms with Crippen LogP contribution in [0.25, 0.3) is 0 Å². The Bertz CT molecular complexity index is 3900. The molecule has 12 N–H and O–H groups in total. The Morgan fingerprint density at radius 1 is 0.592 bits per heavy atom. The molecule has 0 saturated carbocycles. The number of thioether (sulfide) groups is 1. The number of ether oxygens (including phenoxy) is 1. The van der Waals surface area contributed by atoms with Crippen molar-refractivity contribution in [1.29, 1.82) is 0 Å². The van der Waals surface area contributed by atoms with Gasteiger partial charge in [-0.1, -0.05) is 0 Å². The summed E-state index contributed by atoms with van der Waals surface area (Å²) in [6.45, 7) is 0.744. The van der Waals surface area contributed by atoms with Crippen LogP contribution in [0, 0.1) is 11.4 Å². The SMILES string of the molecule is CCOCCCS(=O)(=O)c1ccc(N=Nc2c(N)c(N=Nc3ccc(S(=O)(=O)CCOS(=O)(=O)O)cc3S(=O)(=O)O)c(N)c(N=Nc3ccc(SC#COOS(=O)(=O)O)cc3S(=O)(=O)O)c2C(=O)O)c(S(=O)(=O)O)c1.O. The van der Waals surface area contributed by atoms with E-state index in [0.717, 1.165) is 24.3 Å². The van der Waals surface area contributed by atoms with E-state index in [-0.39, 0.29) is 30.0 Å². The van der Waals surface area contributed by atoms with Gasteiger partial charge in [-0.3, -0.25) is 27.7 Å². The van der Waals surface area contributed by atoms with Crippen molar-refractivity contribution in [2.45, 2.75) is 42.7 Å². The number of benzene rings is 4. The van der Waals surface area contributed by atoms with Gasteiger partial charge in [0.15, 0.2) is 25.8 Å². The van der Waals surface area contributed by atoms with E-state index < -0.39 is 170 Å². The molecule has 416 valence electrons. The molecule has 4 rings (SSSR count). The number of nitrogens with zero attached hydrogens (tertiary/aromatic N) is 6. The number of carbonyl (C=O) groups is 1. The van der Waals surface area contributed by atoms with Crippen LogP contribution in [-0.2, 0) is 89.0 Å². The molecule has 34 nitrogen and oxygen atoms in total. The Labute approximate surface area is 434 Å². The van der Waals surface area contributed by atoms with Crippen molar-refractivity contribution in [3.63, 3.8) is 0 Å². The molecule has 0 aliphatic heterocycles. The van der Waals surface area contributed by atoms with E-state index >= 15 is 0 Å². The van der Waals surface area contributed by atoms with Crippen molar-refractivity contribution in [1.82, 2.24) is 0 Å². The summed E-state index contributed by atoms with van der Waals surface area (Å²) in [5.74, 6) is -3.81. The van der Waals surface area contributed by atoms with Gasteiger partial charge >= 0.3 is 26.8 Å². The third kappa shape index (κ3) is 17.9. The predicted octanol–water partition coefficient (Wildman–Crippen LogP) is 3.27. The van der Waals surface area contributed by atoms with Gasteiger partial charge in [0.2, 0.25) is 0 Å². The molecule has 0 aliphatic rings. The normalized spacial score (nSPS) is 12.9. The smallest absolute Gasteiger partial charge is 0.433 e. The van der Waals surface area contributed by atoms with Gasteiger partial charge in [0, 0.05) is 23.4 Å². The average Bonchev–Trinajstić information content (AvgIpc) is 3.27. The van der Waals surface area contributed by atoms with E-state index in [1.807, 2.05) is 0 Å². The fraction of sp³-hybridized carbons (Fsp3) is 0.206. The Morgan fingerprint density at radius 2 is 1.03 bits per heavy atom. The Balaban J connectivity index is 0.0000152. The fourth-order valence-corrected chi connectivity index (χ4v) is 11.1. The minimum atomic E-state index is -5.49. The van der Waals surface area contributed by atoms with Gasteiger partial charge in [0.25, 0.3) is 30.4 Å². The van der Waals surface area contributed by atoms with E-state index in [9.17, 15) is 82.5 Å². The first-order chi connectivity index (χ1) is 34.5. The number of carboxylic acid groups (broad SMARTS) is 1. The number of sulfone groups is 2. The predicted molar refractivity (Wildman–Crippen MR) is 257 cm³/mol. The van der Waals surface area contributed by atoms with Crippen molar-refractivity contribution < 1.29 is 115 Å². The molecule has 0 saturated heterocycles. The number of nitrogen functional groups attached to an aromatic ring is 2. The molecule has 4 aromatic rings. The second-order valence-corrected chi connectivity index (χ2v) is 25.1. The highest BCUT2D eigenvalue weighted by atomic mass is 32.3. The van der Waals surface area contributed by atoms with Gasteiger partial charge in [-0.25, -0.2) is 25.8 Å². The van der Waals surface area contributed by atoms with Gasteiger partial charge in [-0.2, -0.15) is 42.1 Å². The fourth-order valence-electron chi connectivity index (χ4n) is 5.52. The molecule has 76 heavy (non-hydrogen) atoms. The summed E-state index contributed by atoms with van der Waals surface area (Å²) in [5.41, 5.74) is 3.53. The van der Waals surface area contributed by atoms with E-state index in [4.69, 9.17) is 25.3 Å². The van der Waals surface area contributed by atoms with Crippen LogP contribution in [0.4, 0.5) is 45.5 Å². The Morgan fingerprint density at radius 3 is 1.45 bits per heavy atom. The zero-order chi connectivity index (χ0) is 56.5. The molecule has 42 heteroatoms. The van der Waals surface area contributed by atoms with Crippen LogP contribution >= 0.6 is 11.8 Å². The molecule has 0 spiro atoms. The maximum absolute atomic E-state index is 13.0. The van der Waals surface area contributed by atoms with E-state index in [0.29, 0.717) is 42.1 Å². The lowest BCUT2D eigenvalue weighted by molar-refractivity contribution is -0.135. The molecular weight excluding hydrogens is 1190 g/mol. The van der Waals surface area contributed by atoms with Crippen molar-refractivity contribution in [2.75, 3.05) is 42.8 Å². The summed E-state index contributed by atoms with van der Waals surface area (Å²) in [6.07, 6.45) is 1.63. The summed E-state index contributed by atoms with van der Waals surface area (Å²) in [7, 11) is -35.3. The number of hydrogen-bond donors (Lipinski definition) is 8. The summed E-state index contributed by atoms with van der Waals surface area (Å²) in [4.78, 5) is 11.7. The van der Waals surface area contributed by atoms with Crippen LogP contribution in [0.2, 0.25) is 0 Å². The molecule has 0 atom stereocenters. The van der Waals surface area contributed by atoms with E-state index in [2.05, 4.69) is 49.3 Å². The van der Waals surface area contributed by atoms with Crippen molar-refractivity contribution in [3.8, 4) is 11.4 Å². The molecule has 0 amide bonds. The number of nitrogens with two attached hydrogens (primary N) is 2. The summed E-state index contributed by atoms with van der Waals surface area (Å²) in [5, 5.41) is 34.7. The first-order valence-electron chi connectivity index (χ1n) is 19.2. The van der Waals surface area contributed by atoms with Gasteiger partial charge in [0.05, 0.1) is 39.3 Å². The van der Waals surface area contributed by atoms with Crippen LogP contribution in [0.3, 0.4) is 0 Å². The van der Waals surface area contributed by atoms with Crippen LogP contribution in [0.5, 0.6) is 0 Å². The highest BCUT2D eigenvalue weighted by Crippen LogP contribution is 2.50. The van der Waals surface area contributed by atoms with Gasteiger partial charge in [-0.05, 0) is 84.0 Å². The second-order valence-electron chi connectivity index (χ2n) is 13.8. The molecule has 0 heterocycles. The van der Waals surface area contributed by atoms with E-state index in [1.54, 1.807) is 13.0 Å². The second kappa shape index (κ2) is 25.3. The topological polar surface area (TPSA) is 572 Å².